The number of amides is 3. The SMILES string of the molecule is Cc1nn(-c2ccccc2)c(Cl)c1C(=O)Nc1ccc(NC(=O)NC2CC2)cc1. The molecule has 0 unspecified atom stereocenters. The van der Waals surface area contributed by atoms with Crippen LogP contribution in [0.15, 0.2) is 54.6 Å². The Labute approximate surface area is 173 Å². The van der Waals surface area contributed by atoms with Crippen LogP contribution in [0.25, 0.3) is 5.69 Å². The molecule has 7 nitrogen and oxygen atoms in total. The first-order valence-electron chi connectivity index (χ1n) is 9.31. The van der Waals surface area contributed by atoms with E-state index in [0.717, 1.165) is 18.5 Å². The minimum absolute atomic E-state index is 0.222. The van der Waals surface area contributed by atoms with Crippen LogP contribution in [0.1, 0.15) is 28.9 Å². The van der Waals surface area contributed by atoms with Gasteiger partial charge in [0, 0.05) is 17.4 Å². The van der Waals surface area contributed by atoms with Gasteiger partial charge in [-0.2, -0.15) is 5.10 Å². The molecule has 8 heteroatoms. The van der Waals surface area contributed by atoms with Gasteiger partial charge < -0.3 is 16.0 Å². The Kier molecular flexibility index (Phi) is 5.22. The van der Waals surface area contributed by atoms with Crippen molar-refractivity contribution in [2.24, 2.45) is 0 Å². The molecule has 3 amide bonds. The number of aryl methyl sites for hydroxylation is 1. The van der Waals surface area contributed by atoms with Crippen LogP contribution in [0.4, 0.5) is 16.2 Å². The predicted molar refractivity (Wildman–Crippen MR) is 113 cm³/mol. The van der Waals surface area contributed by atoms with Gasteiger partial charge in [-0.1, -0.05) is 29.8 Å². The van der Waals surface area contributed by atoms with Crippen molar-refractivity contribution in [1.82, 2.24) is 15.1 Å². The average molecular weight is 410 g/mol. The van der Waals surface area contributed by atoms with Crippen molar-refractivity contribution in [3.05, 3.63) is 71.0 Å². The van der Waals surface area contributed by atoms with E-state index in [1.165, 1.54) is 4.68 Å². The van der Waals surface area contributed by atoms with E-state index < -0.39 is 0 Å². The number of aromatic nitrogens is 2. The van der Waals surface area contributed by atoms with Gasteiger partial charge >= 0.3 is 6.03 Å². The van der Waals surface area contributed by atoms with Gasteiger partial charge in [0.15, 0.2) is 0 Å². The van der Waals surface area contributed by atoms with Crippen LogP contribution >= 0.6 is 11.6 Å². The molecule has 1 saturated carbocycles. The molecule has 1 aliphatic carbocycles. The first-order valence-corrected chi connectivity index (χ1v) is 9.68. The van der Waals surface area contributed by atoms with Gasteiger partial charge in [0.2, 0.25) is 0 Å². The second kappa shape index (κ2) is 7.97. The third-order valence-electron chi connectivity index (χ3n) is 4.55. The monoisotopic (exact) mass is 409 g/mol. The third kappa shape index (κ3) is 4.41. The number of hydrogen-bond donors (Lipinski definition) is 3. The summed E-state index contributed by atoms with van der Waals surface area (Å²) in [5, 5.41) is 13.1. The zero-order valence-corrected chi connectivity index (χ0v) is 16.5. The van der Waals surface area contributed by atoms with E-state index in [1.807, 2.05) is 30.3 Å². The van der Waals surface area contributed by atoms with E-state index in [-0.39, 0.29) is 17.1 Å². The lowest BCUT2D eigenvalue weighted by Gasteiger charge is -2.09. The summed E-state index contributed by atoms with van der Waals surface area (Å²) in [5.41, 5.74) is 2.87. The van der Waals surface area contributed by atoms with Gasteiger partial charge in [-0.05, 0) is 56.2 Å². The van der Waals surface area contributed by atoms with Crippen molar-refractivity contribution in [2.45, 2.75) is 25.8 Å². The van der Waals surface area contributed by atoms with E-state index in [4.69, 9.17) is 11.6 Å². The maximum absolute atomic E-state index is 12.8. The highest BCUT2D eigenvalue weighted by molar-refractivity contribution is 6.34. The van der Waals surface area contributed by atoms with Gasteiger partial charge in [0.05, 0.1) is 11.4 Å². The molecule has 0 radical (unpaired) electrons. The molecule has 0 aliphatic heterocycles. The van der Waals surface area contributed by atoms with E-state index in [0.29, 0.717) is 28.7 Å². The lowest BCUT2D eigenvalue weighted by atomic mass is 10.2. The maximum Gasteiger partial charge on any atom is 0.319 e. The van der Waals surface area contributed by atoms with Crippen LogP contribution in [0.2, 0.25) is 5.15 Å². The second-order valence-electron chi connectivity index (χ2n) is 6.90. The first kappa shape index (κ1) is 19.0. The summed E-state index contributed by atoms with van der Waals surface area (Å²) in [7, 11) is 0. The Balaban J connectivity index is 1.45. The third-order valence-corrected chi connectivity index (χ3v) is 4.89. The van der Waals surface area contributed by atoms with Gasteiger partial charge in [-0.3, -0.25) is 4.79 Å². The standard InChI is InChI=1S/C21H20ClN5O2/c1-13-18(19(22)27(26-13)17-5-3-2-4-6-17)20(28)23-14-7-9-15(10-8-14)24-21(29)25-16-11-12-16/h2-10,16H,11-12H2,1H3,(H,23,28)(H2,24,25,29). The second-order valence-corrected chi connectivity index (χ2v) is 7.26. The van der Waals surface area contributed by atoms with Crippen LogP contribution in [-0.2, 0) is 0 Å². The molecular formula is C21H20ClN5O2. The van der Waals surface area contributed by atoms with Crippen LogP contribution in [-0.4, -0.2) is 27.8 Å². The van der Waals surface area contributed by atoms with Crippen molar-refractivity contribution in [3.63, 3.8) is 0 Å². The first-order chi connectivity index (χ1) is 14.0. The number of para-hydroxylation sites is 1. The Hall–Kier alpha value is -3.32. The number of nitrogens with zero attached hydrogens (tertiary/aromatic N) is 2. The lowest BCUT2D eigenvalue weighted by Crippen LogP contribution is -2.30. The minimum atomic E-state index is -0.345. The quantitative estimate of drug-likeness (QED) is 0.584. The predicted octanol–water partition coefficient (Wildman–Crippen LogP) is 4.37. The molecule has 1 aliphatic rings. The minimum Gasteiger partial charge on any atom is -0.335 e. The number of carbonyl (C=O) groups excluding carboxylic acids is 2. The molecular weight excluding hydrogens is 390 g/mol. The van der Waals surface area contributed by atoms with E-state index in [2.05, 4.69) is 21.0 Å². The summed E-state index contributed by atoms with van der Waals surface area (Å²) < 4.78 is 1.54. The number of carbonyl (C=O) groups is 2. The fourth-order valence-electron chi connectivity index (χ4n) is 2.91. The summed E-state index contributed by atoms with van der Waals surface area (Å²) in [4.78, 5) is 24.6. The maximum atomic E-state index is 12.8. The summed E-state index contributed by atoms with van der Waals surface area (Å²) in [6, 6.07) is 16.3. The van der Waals surface area contributed by atoms with Gasteiger partial charge in [-0.25, -0.2) is 9.48 Å². The molecule has 4 rings (SSSR count). The number of nitrogens with one attached hydrogen (secondary N) is 3. The van der Waals surface area contributed by atoms with E-state index >= 15 is 0 Å². The molecule has 1 heterocycles. The molecule has 1 fully saturated rings. The molecule has 29 heavy (non-hydrogen) atoms. The molecule has 3 aromatic rings. The van der Waals surface area contributed by atoms with Gasteiger partial charge in [-0.15, -0.1) is 0 Å². The highest BCUT2D eigenvalue weighted by Crippen LogP contribution is 2.25. The van der Waals surface area contributed by atoms with Gasteiger partial charge in [0.1, 0.15) is 10.7 Å². The molecule has 148 valence electrons. The Bertz CT molecular complexity index is 1040. The smallest absolute Gasteiger partial charge is 0.319 e. The number of halogens is 1. The van der Waals surface area contributed by atoms with E-state index in [1.54, 1.807) is 31.2 Å². The fourth-order valence-corrected chi connectivity index (χ4v) is 3.27. The zero-order valence-electron chi connectivity index (χ0n) is 15.8. The van der Waals surface area contributed by atoms with Crippen LogP contribution in [0.3, 0.4) is 0 Å². The topological polar surface area (TPSA) is 88.1 Å². The largest absolute Gasteiger partial charge is 0.335 e. The van der Waals surface area contributed by atoms with Crippen LogP contribution in [0.5, 0.6) is 0 Å². The Morgan fingerprint density at radius 3 is 2.24 bits per heavy atom. The summed E-state index contributed by atoms with van der Waals surface area (Å²) >= 11 is 6.44. The number of rotatable bonds is 5. The van der Waals surface area contributed by atoms with Crippen molar-refractivity contribution < 1.29 is 9.59 Å². The van der Waals surface area contributed by atoms with Gasteiger partial charge in [0.25, 0.3) is 5.91 Å². The summed E-state index contributed by atoms with van der Waals surface area (Å²) in [6.07, 6.45) is 2.06. The molecule has 0 atom stereocenters. The van der Waals surface area contributed by atoms with Crippen molar-refractivity contribution in [2.75, 3.05) is 10.6 Å². The lowest BCUT2D eigenvalue weighted by molar-refractivity contribution is 0.102. The van der Waals surface area contributed by atoms with Crippen molar-refractivity contribution >= 4 is 34.9 Å². The number of anilines is 2. The zero-order chi connectivity index (χ0) is 20.4. The fraction of sp³-hybridized carbons (Fsp3) is 0.190. The van der Waals surface area contributed by atoms with E-state index in [9.17, 15) is 9.59 Å². The Morgan fingerprint density at radius 1 is 1.00 bits per heavy atom. The number of benzene rings is 2. The van der Waals surface area contributed by atoms with Crippen LogP contribution in [0, 0.1) is 6.92 Å². The number of hydrogen-bond acceptors (Lipinski definition) is 3. The van der Waals surface area contributed by atoms with Crippen molar-refractivity contribution in [1.29, 1.82) is 0 Å². The molecule has 0 saturated heterocycles. The highest BCUT2D eigenvalue weighted by Gasteiger charge is 2.23. The molecule has 3 N–H and O–H groups in total. The van der Waals surface area contributed by atoms with Crippen molar-refractivity contribution in [3.8, 4) is 5.69 Å². The van der Waals surface area contributed by atoms with Crippen LogP contribution < -0.4 is 16.0 Å². The molecule has 0 spiro atoms. The summed E-state index contributed by atoms with van der Waals surface area (Å²) in [6.45, 7) is 1.74. The normalized spacial score (nSPS) is 13.0. The molecule has 0 bridgehead atoms. The highest BCUT2D eigenvalue weighted by atomic mass is 35.5. The molecule has 1 aromatic heterocycles. The average Bonchev–Trinajstić information content (AvgIpc) is 3.46. The number of urea groups is 1. The summed E-state index contributed by atoms with van der Waals surface area (Å²) in [5.74, 6) is -0.345. The molecule has 2 aromatic carbocycles. The Morgan fingerprint density at radius 2 is 1.62 bits per heavy atom.